The molecule has 0 spiro atoms. The van der Waals surface area contributed by atoms with Crippen molar-refractivity contribution in [3.05, 3.63) is 29.9 Å². The molecule has 2 saturated heterocycles. The van der Waals surface area contributed by atoms with E-state index in [1.54, 1.807) is 4.90 Å². The van der Waals surface area contributed by atoms with Gasteiger partial charge in [-0.3, -0.25) is 0 Å². The van der Waals surface area contributed by atoms with E-state index in [-0.39, 0.29) is 12.0 Å². The molecule has 0 saturated carbocycles. The normalized spacial score (nSPS) is 19.0. The Kier molecular flexibility index (Phi) is 5.82. The molecule has 1 amide bonds. The predicted octanol–water partition coefficient (Wildman–Crippen LogP) is 3.59. The number of carbonyl (C=O) groups is 1. The largest absolute Gasteiger partial charge is 0.453 e. The molecule has 1 aromatic carbocycles. The molecule has 9 heteroatoms. The number of piperidine rings is 2. The Morgan fingerprint density at radius 2 is 1.94 bits per heavy atom. The molecule has 9 nitrogen and oxygen atoms in total. The van der Waals surface area contributed by atoms with E-state index in [2.05, 4.69) is 22.0 Å². The van der Waals surface area contributed by atoms with Gasteiger partial charge in [0.25, 0.3) is 0 Å². The number of carbonyl (C=O) groups excluding carboxylic acids is 1. The molecule has 2 aromatic heterocycles. The SMILES string of the molecule is CCc1nc2c(-c3noc(C4CCN(C5CCN(C(=O)OC)CC5)CC4)n3)cccc2[nH]1. The zero-order valence-electron chi connectivity index (χ0n) is 18.7. The molecule has 4 heterocycles. The van der Waals surface area contributed by atoms with Crippen LogP contribution >= 0.6 is 0 Å². The molecule has 1 N–H and O–H groups in total. The van der Waals surface area contributed by atoms with Gasteiger partial charge in [0.1, 0.15) is 5.82 Å². The highest BCUT2D eigenvalue weighted by molar-refractivity contribution is 5.89. The van der Waals surface area contributed by atoms with Crippen LogP contribution in [0.15, 0.2) is 22.7 Å². The lowest BCUT2D eigenvalue weighted by Gasteiger charge is -2.40. The second kappa shape index (κ2) is 8.90. The summed E-state index contributed by atoms with van der Waals surface area (Å²) >= 11 is 0. The smallest absolute Gasteiger partial charge is 0.409 e. The summed E-state index contributed by atoms with van der Waals surface area (Å²) in [5.74, 6) is 2.58. The molecule has 170 valence electrons. The number of amides is 1. The van der Waals surface area contributed by atoms with Crippen molar-refractivity contribution >= 4 is 17.1 Å². The minimum Gasteiger partial charge on any atom is -0.453 e. The molecular weight excluding hydrogens is 408 g/mol. The van der Waals surface area contributed by atoms with Crippen LogP contribution in [-0.4, -0.2) is 75.3 Å². The first-order chi connectivity index (χ1) is 15.7. The molecule has 0 bridgehead atoms. The highest BCUT2D eigenvalue weighted by Crippen LogP contribution is 2.32. The zero-order chi connectivity index (χ0) is 22.1. The Balaban J connectivity index is 1.22. The molecule has 0 unspecified atom stereocenters. The van der Waals surface area contributed by atoms with Gasteiger partial charge in [-0.1, -0.05) is 18.1 Å². The van der Waals surface area contributed by atoms with Gasteiger partial charge in [-0.2, -0.15) is 4.98 Å². The molecule has 2 aliphatic heterocycles. The van der Waals surface area contributed by atoms with Crippen LogP contribution in [0.25, 0.3) is 22.4 Å². The lowest BCUT2D eigenvalue weighted by molar-refractivity contribution is 0.0712. The van der Waals surface area contributed by atoms with Gasteiger partial charge in [0, 0.05) is 31.5 Å². The molecule has 3 aromatic rings. The van der Waals surface area contributed by atoms with Gasteiger partial charge < -0.3 is 24.0 Å². The Hall–Kier alpha value is -2.94. The van der Waals surface area contributed by atoms with Crippen molar-refractivity contribution in [3.63, 3.8) is 0 Å². The van der Waals surface area contributed by atoms with E-state index in [1.165, 1.54) is 7.11 Å². The van der Waals surface area contributed by atoms with Gasteiger partial charge in [-0.25, -0.2) is 9.78 Å². The van der Waals surface area contributed by atoms with E-state index >= 15 is 0 Å². The summed E-state index contributed by atoms with van der Waals surface area (Å²) in [5, 5.41) is 4.29. The number of aromatic nitrogens is 4. The van der Waals surface area contributed by atoms with Crippen molar-refractivity contribution in [1.82, 2.24) is 29.9 Å². The van der Waals surface area contributed by atoms with Crippen LogP contribution in [0.5, 0.6) is 0 Å². The van der Waals surface area contributed by atoms with Gasteiger partial charge in [-0.05, 0) is 50.9 Å². The average Bonchev–Trinajstić information content (AvgIpc) is 3.51. The molecular formula is C23H30N6O3. The minimum atomic E-state index is -0.217. The third kappa shape index (κ3) is 3.97. The van der Waals surface area contributed by atoms with E-state index < -0.39 is 0 Å². The van der Waals surface area contributed by atoms with Crippen molar-refractivity contribution in [2.24, 2.45) is 0 Å². The average molecular weight is 439 g/mol. The van der Waals surface area contributed by atoms with Gasteiger partial charge in [-0.15, -0.1) is 0 Å². The first-order valence-corrected chi connectivity index (χ1v) is 11.5. The van der Waals surface area contributed by atoms with E-state index in [1.807, 2.05) is 18.2 Å². The lowest BCUT2D eigenvalue weighted by Crippen LogP contribution is -2.48. The topological polar surface area (TPSA) is 100 Å². The van der Waals surface area contributed by atoms with Crippen molar-refractivity contribution in [2.75, 3.05) is 33.3 Å². The number of methoxy groups -OCH3 is 1. The van der Waals surface area contributed by atoms with Crippen LogP contribution in [0.2, 0.25) is 0 Å². The number of imidazole rings is 1. The second-order valence-corrected chi connectivity index (χ2v) is 8.69. The number of aromatic amines is 1. The number of benzene rings is 1. The maximum Gasteiger partial charge on any atom is 0.409 e. The summed E-state index contributed by atoms with van der Waals surface area (Å²) in [6, 6.07) is 6.55. The number of H-pyrrole nitrogens is 1. The zero-order valence-corrected chi connectivity index (χ0v) is 18.7. The molecule has 0 radical (unpaired) electrons. The van der Waals surface area contributed by atoms with Gasteiger partial charge in [0.05, 0.1) is 23.7 Å². The predicted molar refractivity (Wildman–Crippen MR) is 119 cm³/mol. The summed E-state index contributed by atoms with van der Waals surface area (Å²) in [4.78, 5) is 28.9. The molecule has 0 atom stereocenters. The third-order valence-corrected chi connectivity index (χ3v) is 6.87. The van der Waals surface area contributed by atoms with Crippen molar-refractivity contribution in [1.29, 1.82) is 0 Å². The van der Waals surface area contributed by atoms with Gasteiger partial charge in [0.2, 0.25) is 11.7 Å². The van der Waals surface area contributed by atoms with Crippen molar-refractivity contribution in [2.45, 2.75) is 51.0 Å². The number of nitrogens with zero attached hydrogens (tertiary/aromatic N) is 5. The number of likely N-dealkylation sites (tertiary alicyclic amines) is 2. The van der Waals surface area contributed by atoms with Crippen molar-refractivity contribution in [3.8, 4) is 11.4 Å². The number of fused-ring (bicyclic) bond motifs is 1. The Morgan fingerprint density at radius 1 is 1.16 bits per heavy atom. The molecule has 32 heavy (non-hydrogen) atoms. The van der Waals surface area contributed by atoms with Crippen LogP contribution in [-0.2, 0) is 11.2 Å². The van der Waals surface area contributed by atoms with Gasteiger partial charge >= 0.3 is 6.09 Å². The number of hydrogen-bond donors (Lipinski definition) is 1. The van der Waals surface area contributed by atoms with Crippen LogP contribution in [0.4, 0.5) is 4.79 Å². The molecule has 0 aliphatic carbocycles. The minimum absolute atomic E-state index is 0.217. The van der Waals surface area contributed by atoms with E-state index in [9.17, 15) is 4.79 Å². The summed E-state index contributed by atoms with van der Waals surface area (Å²) in [7, 11) is 1.44. The fraction of sp³-hybridized carbons (Fsp3) is 0.565. The number of hydrogen-bond acceptors (Lipinski definition) is 7. The Bertz CT molecular complexity index is 1080. The quantitative estimate of drug-likeness (QED) is 0.664. The van der Waals surface area contributed by atoms with Gasteiger partial charge in [0.15, 0.2) is 0 Å². The van der Waals surface area contributed by atoms with Crippen LogP contribution in [0, 0.1) is 0 Å². The lowest BCUT2D eigenvalue weighted by atomic mass is 9.93. The van der Waals surface area contributed by atoms with Crippen LogP contribution in [0.3, 0.4) is 0 Å². The molecule has 2 fully saturated rings. The number of rotatable bonds is 4. The number of nitrogens with one attached hydrogen (secondary N) is 1. The maximum absolute atomic E-state index is 11.7. The monoisotopic (exact) mass is 438 g/mol. The van der Waals surface area contributed by atoms with Crippen LogP contribution in [0.1, 0.15) is 50.2 Å². The third-order valence-electron chi connectivity index (χ3n) is 6.87. The molecule has 5 rings (SSSR count). The van der Waals surface area contributed by atoms with E-state index in [0.29, 0.717) is 11.9 Å². The second-order valence-electron chi connectivity index (χ2n) is 8.69. The Labute approximate surface area is 187 Å². The highest BCUT2D eigenvalue weighted by atomic mass is 16.5. The fourth-order valence-corrected chi connectivity index (χ4v) is 5.00. The Morgan fingerprint density at radius 3 is 2.66 bits per heavy atom. The highest BCUT2D eigenvalue weighted by Gasteiger charge is 2.32. The number of para-hydroxylation sites is 1. The number of ether oxygens (including phenoxy) is 1. The summed E-state index contributed by atoms with van der Waals surface area (Å²) < 4.78 is 10.5. The van der Waals surface area contributed by atoms with Crippen molar-refractivity contribution < 1.29 is 14.1 Å². The summed E-state index contributed by atoms with van der Waals surface area (Å²) in [6.45, 7) is 5.64. The fourth-order valence-electron chi connectivity index (χ4n) is 5.00. The summed E-state index contributed by atoms with van der Waals surface area (Å²) in [5.41, 5.74) is 2.80. The maximum atomic E-state index is 11.7. The molecule has 2 aliphatic rings. The standard InChI is InChI=1S/C23H30N6O3/c1-3-19-24-18-6-4-5-17(20(18)25-19)21-26-22(32-27-21)15-7-11-28(12-8-15)16-9-13-29(14-10-16)23(30)31-2/h4-6,15-16H,3,7-14H2,1-2H3,(H,24,25). The first kappa shape index (κ1) is 20.9. The van der Waals surface area contributed by atoms with E-state index in [4.69, 9.17) is 19.2 Å². The first-order valence-electron chi connectivity index (χ1n) is 11.5. The van der Waals surface area contributed by atoms with E-state index in [0.717, 1.165) is 86.6 Å². The van der Waals surface area contributed by atoms with Crippen LogP contribution < -0.4 is 0 Å². The summed E-state index contributed by atoms with van der Waals surface area (Å²) in [6.07, 6.45) is 4.64. The number of aryl methyl sites for hydroxylation is 1.